The van der Waals surface area contributed by atoms with Crippen LogP contribution in [-0.4, -0.2) is 50.6 Å². The molecule has 0 spiro atoms. The van der Waals surface area contributed by atoms with Gasteiger partial charge in [-0.3, -0.25) is 0 Å². The molecule has 0 aromatic heterocycles. The molecular formula is C19H31N3O4. The summed E-state index contributed by atoms with van der Waals surface area (Å²) < 4.78 is 16.4. The summed E-state index contributed by atoms with van der Waals surface area (Å²) in [6.07, 6.45) is -0.438. The van der Waals surface area contributed by atoms with Gasteiger partial charge < -0.3 is 30.2 Å². The van der Waals surface area contributed by atoms with Crippen molar-refractivity contribution in [1.29, 1.82) is 0 Å². The Balaban J connectivity index is 1.81. The van der Waals surface area contributed by atoms with Crippen molar-refractivity contribution in [1.82, 2.24) is 5.32 Å². The van der Waals surface area contributed by atoms with Gasteiger partial charge in [0.25, 0.3) is 0 Å². The Bertz CT molecular complexity index is 595. The van der Waals surface area contributed by atoms with Crippen LogP contribution in [0.15, 0.2) is 18.2 Å². The molecule has 1 aliphatic heterocycles. The molecule has 1 amide bonds. The van der Waals surface area contributed by atoms with Crippen LogP contribution in [0.2, 0.25) is 0 Å². The Morgan fingerprint density at radius 3 is 2.65 bits per heavy atom. The van der Waals surface area contributed by atoms with Gasteiger partial charge >= 0.3 is 6.09 Å². The first-order valence-corrected chi connectivity index (χ1v) is 9.02. The number of hydrogen-bond acceptors (Lipinski definition) is 6. The summed E-state index contributed by atoms with van der Waals surface area (Å²) >= 11 is 0. The van der Waals surface area contributed by atoms with Crippen LogP contribution in [0.25, 0.3) is 0 Å². The van der Waals surface area contributed by atoms with Crippen molar-refractivity contribution in [3.63, 3.8) is 0 Å². The number of ether oxygens (including phenoxy) is 3. The van der Waals surface area contributed by atoms with Crippen LogP contribution in [0.3, 0.4) is 0 Å². The maximum Gasteiger partial charge on any atom is 0.407 e. The van der Waals surface area contributed by atoms with E-state index in [0.717, 1.165) is 37.6 Å². The molecule has 2 rings (SSSR count). The number of nitrogens with zero attached hydrogens (tertiary/aromatic N) is 1. The second-order valence-corrected chi connectivity index (χ2v) is 7.59. The van der Waals surface area contributed by atoms with Gasteiger partial charge in [-0.05, 0) is 51.5 Å². The minimum absolute atomic E-state index is 0.148. The van der Waals surface area contributed by atoms with E-state index in [1.165, 1.54) is 0 Å². The Morgan fingerprint density at radius 1 is 1.31 bits per heavy atom. The summed E-state index contributed by atoms with van der Waals surface area (Å²) in [5.74, 6) is 0. The SMILES string of the molecule is C[C@H](COCc1cc(N)cc(N2CCOCC2)c1)NC(=O)OC(C)(C)C. The van der Waals surface area contributed by atoms with E-state index < -0.39 is 11.7 Å². The van der Waals surface area contributed by atoms with E-state index >= 15 is 0 Å². The lowest BCUT2D eigenvalue weighted by atomic mass is 10.1. The van der Waals surface area contributed by atoms with Crippen molar-refractivity contribution >= 4 is 17.5 Å². The zero-order valence-corrected chi connectivity index (χ0v) is 16.2. The van der Waals surface area contributed by atoms with Gasteiger partial charge in [-0.1, -0.05) is 0 Å². The van der Waals surface area contributed by atoms with E-state index in [9.17, 15) is 4.79 Å². The standard InChI is InChI=1S/C19H31N3O4/c1-14(21-18(23)26-19(2,3)4)12-25-13-15-9-16(20)11-17(10-15)22-5-7-24-8-6-22/h9-11,14H,5-8,12-13,20H2,1-4H3,(H,21,23)/t14-/m1/s1. The number of anilines is 2. The van der Waals surface area contributed by atoms with Gasteiger partial charge in [-0.25, -0.2) is 4.79 Å². The second-order valence-electron chi connectivity index (χ2n) is 7.59. The number of rotatable bonds is 6. The largest absolute Gasteiger partial charge is 0.444 e. The number of nitrogens with one attached hydrogen (secondary N) is 1. The molecule has 0 radical (unpaired) electrons. The number of benzene rings is 1. The molecule has 26 heavy (non-hydrogen) atoms. The quantitative estimate of drug-likeness (QED) is 0.754. The zero-order chi connectivity index (χ0) is 19.2. The third kappa shape index (κ3) is 7.09. The summed E-state index contributed by atoms with van der Waals surface area (Å²) in [6, 6.07) is 5.83. The molecule has 1 heterocycles. The molecule has 7 nitrogen and oxygen atoms in total. The highest BCUT2D eigenvalue weighted by Crippen LogP contribution is 2.22. The monoisotopic (exact) mass is 365 g/mol. The number of morpholine rings is 1. The number of alkyl carbamates (subject to hydrolysis) is 1. The summed E-state index contributed by atoms with van der Waals surface area (Å²) in [7, 11) is 0. The van der Waals surface area contributed by atoms with E-state index in [1.54, 1.807) is 0 Å². The van der Waals surface area contributed by atoms with Crippen molar-refractivity contribution in [3.8, 4) is 0 Å². The molecule has 1 fully saturated rings. The third-order valence-electron chi connectivity index (χ3n) is 3.78. The fourth-order valence-electron chi connectivity index (χ4n) is 2.69. The van der Waals surface area contributed by atoms with Crippen LogP contribution in [0.1, 0.15) is 33.3 Å². The van der Waals surface area contributed by atoms with Crippen molar-refractivity contribution in [3.05, 3.63) is 23.8 Å². The molecule has 1 aliphatic rings. The molecule has 146 valence electrons. The Hall–Kier alpha value is -1.99. The minimum Gasteiger partial charge on any atom is -0.444 e. The lowest BCUT2D eigenvalue weighted by Crippen LogP contribution is -2.39. The molecule has 0 aliphatic carbocycles. The number of hydrogen-bond donors (Lipinski definition) is 2. The van der Waals surface area contributed by atoms with E-state index in [1.807, 2.05) is 39.8 Å². The lowest BCUT2D eigenvalue weighted by Gasteiger charge is -2.29. The highest BCUT2D eigenvalue weighted by Gasteiger charge is 2.18. The predicted octanol–water partition coefficient (Wildman–Crippen LogP) is 2.54. The molecule has 3 N–H and O–H groups in total. The molecule has 0 saturated carbocycles. The van der Waals surface area contributed by atoms with Crippen LogP contribution in [0.5, 0.6) is 0 Å². The molecule has 7 heteroatoms. The normalized spacial score (nSPS) is 16.2. The molecule has 1 saturated heterocycles. The summed E-state index contributed by atoms with van der Waals surface area (Å²) in [5.41, 5.74) is 8.34. The second kappa shape index (κ2) is 9.09. The van der Waals surface area contributed by atoms with Crippen molar-refractivity contribution in [2.45, 2.75) is 45.9 Å². The number of nitrogen functional groups attached to an aromatic ring is 1. The molecule has 1 atom stereocenters. The number of amides is 1. The zero-order valence-electron chi connectivity index (χ0n) is 16.2. The fourth-order valence-corrected chi connectivity index (χ4v) is 2.69. The van der Waals surface area contributed by atoms with Crippen LogP contribution >= 0.6 is 0 Å². The maximum absolute atomic E-state index is 11.7. The summed E-state index contributed by atoms with van der Waals surface area (Å²) in [5, 5.41) is 2.76. The topological polar surface area (TPSA) is 86.0 Å². The van der Waals surface area contributed by atoms with Crippen LogP contribution in [-0.2, 0) is 20.8 Å². The van der Waals surface area contributed by atoms with Gasteiger partial charge in [0.2, 0.25) is 0 Å². The van der Waals surface area contributed by atoms with Gasteiger partial charge in [0, 0.05) is 24.5 Å². The maximum atomic E-state index is 11.7. The van der Waals surface area contributed by atoms with Gasteiger partial charge in [0.1, 0.15) is 5.60 Å². The Labute approximate surface area is 155 Å². The van der Waals surface area contributed by atoms with E-state index in [-0.39, 0.29) is 6.04 Å². The molecule has 0 bridgehead atoms. The van der Waals surface area contributed by atoms with Gasteiger partial charge in [0.15, 0.2) is 0 Å². The van der Waals surface area contributed by atoms with Crippen molar-refractivity contribution < 1.29 is 19.0 Å². The Kier molecular flexibility index (Phi) is 7.11. The van der Waals surface area contributed by atoms with E-state index in [4.69, 9.17) is 19.9 Å². The van der Waals surface area contributed by atoms with Gasteiger partial charge in [-0.2, -0.15) is 0 Å². The average Bonchev–Trinajstić information content (AvgIpc) is 2.53. The highest BCUT2D eigenvalue weighted by atomic mass is 16.6. The number of nitrogens with two attached hydrogens (primary N) is 1. The predicted molar refractivity (Wildman–Crippen MR) is 102 cm³/mol. The summed E-state index contributed by atoms with van der Waals surface area (Å²) in [6.45, 7) is 11.4. The number of carbonyl (C=O) groups excluding carboxylic acids is 1. The van der Waals surface area contributed by atoms with Gasteiger partial charge in [-0.15, -0.1) is 0 Å². The van der Waals surface area contributed by atoms with Crippen LogP contribution in [0, 0.1) is 0 Å². The Morgan fingerprint density at radius 2 is 2.00 bits per heavy atom. The van der Waals surface area contributed by atoms with E-state index in [2.05, 4.69) is 16.3 Å². The van der Waals surface area contributed by atoms with Crippen molar-refractivity contribution in [2.24, 2.45) is 0 Å². The minimum atomic E-state index is -0.512. The molecule has 0 unspecified atom stereocenters. The van der Waals surface area contributed by atoms with Crippen LogP contribution < -0.4 is 16.0 Å². The van der Waals surface area contributed by atoms with E-state index in [0.29, 0.717) is 18.9 Å². The third-order valence-corrected chi connectivity index (χ3v) is 3.78. The first-order chi connectivity index (χ1) is 12.2. The molecular weight excluding hydrogens is 334 g/mol. The number of carbonyl (C=O) groups is 1. The van der Waals surface area contributed by atoms with Crippen molar-refractivity contribution in [2.75, 3.05) is 43.5 Å². The molecule has 1 aromatic rings. The summed E-state index contributed by atoms with van der Waals surface area (Å²) in [4.78, 5) is 14.0. The van der Waals surface area contributed by atoms with Crippen LogP contribution in [0.4, 0.5) is 16.2 Å². The lowest BCUT2D eigenvalue weighted by molar-refractivity contribution is 0.0442. The smallest absolute Gasteiger partial charge is 0.407 e. The fraction of sp³-hybridized carbons (Fsp3) is 0.632. The highest BCUT2D eigenvalue weighted by molar-refractivity contribution is 5.68. The first kappa shape index (κ1) is 20.3. The average molecular weight is 365 g/mol. The molecule has 1 aromatic carbocycles. The van der Waals surface area contributed by atoms with Gasteiger partial charge in [0.05, 0.1) is 32.5 Å². The first-order valence-electron chi connectivity index (χ1n) is 9.02.